The molecule has 0 bridgehead atoms. The van der Waals surface area contributed by atoms with E-state index in [0.29, 0.717) is 12.5 Å². The van der Waals surface area contributed by atoms with Gasteiger partial charge in [-0.2, -0.15) is 0 Å². The minimum Gasteiger partial charge on any atom is -0.394 e. The Kier molecular flexibility index (Phi) is 5.07. The van der Waals surface area contributed by atoms with Crippen LogP contribution in [0.5, 0.6) is 0 Å². The van der Waals surface area contributed by atoms with E-state index >= 15 is 0 Å². The minimum atomic E-state index is -0.914. The maximum atomic E-state index is 13.2. The molecule has 18 heavy (non-hydrogen) atoms. The standard InChI is InChI=1S/C13H18F2N2O/c1-3-8(4-2)7-17-13(18)9-5-10(14)12(16)11(15)6-9/h5-6,8H,3-4,7,16H2,1-2H3,(H,17,18). The molecule has 0 heterocycles. The Labute approximate surface area is 105 Å². The van der Waals surface area contributed by atoms with Gasteiger partial charge in [0.15, 0.2) is 0 Å². The Morgan fingerprint density at radius 3 is 2.22 bits per heavy atom. The number of carbonyl (C=O) groups excluding carboxylic acids is 1. The average molecular weight is 256 g/mol. The van der Waals surface area contributed by atoms with Crippen molar-refractivity contribution in [1.82, 2.24) is 5.32 Å². The van der Waals surface area contributed by atoms with Crippen molar-refractivity contribution < 1.29 is 13.6 Å². The van der Waals surface area contributed by atoms with Crippen LogP contribution in [0.1, 0.15) is 37.0 Å². The third-order valence-corrected chi connectivity index (χ3v) is 3.05. The molecule has 3 N–H and O–H groups in total. The molecule has 1 amide bonds. The largest absolute Gasteiger partial charge is 0.394 e. The van der Waals surface area contributed by atoms with Crippen LogP contribution in [0.15, 0.2) is 12.1 Å². The van der Waals surface area contributed by atoms with Gasteiger partial charge in [0.1, 0.15) is 17.3 Å². The van der Waals surface area contributed by atoms with Crippen molar-refractivity contribution in [2.45, 2.75) is 26.7 Å². The van der Waals surface area contributed by atoms with Gasteiger partial charge in [-0.25, -0.2) is 8.78 Å². The highest BCUT2D eigenvalue weighted by Gasteiger charge is 2.14. The van der Waals surface area contributed by atoms with Crippen LogP contribution in [0.2, 0.25) is 0 Å². The molecule has 0 unspecified atom stereocenters. The summed E-state index contributed by atoms with van der Waals surface area (Å²) in [5.41, 5.74) is 4.52. The molecule has 0 radical (unpaired) electrons. The quantitative estimate of drug-likeness (QED) is 0.796. The fraction of sp³-hybridized carbons (Fsp3) is 0.462. The molecule has 5 heteroatoms. The average Bonchev–Trinajstić information content (AvgIpc) is 2.36. The second-order valence-corrected chi connectivity index (χ2v) is 4.25. The van der Waals surface area contributed by atoms with Gasteiger partial charge in [0.25, 0.3) is 5.91 Å². The van der Waals surface area contributed by atoms with Crippen molar-refractivity contribution >= 4 is 11.6 Å². The summed E-state index contributed by atoms with van der Waals surface area (Å²) < 4.78 is 26.4. The highest BCUT2D eigenvalue weighted by molar-refractivity contribution is 5.94. The maximum absolute atomic E-state index is 13.2. The summed E-state index contributed by atoms with van der Waals surface area (Å²) in [6.07, 6.45) is 1.89. The minimum absolute atomic E-state index is 0.0508. The lowest BCUT2D eigenvalue weighted by Crippen LogP contribution is -2.29. The number of hydrogen-bond acceptors (Lipinski definition) is 2. The van der Waals surface area contributed by atoms with Crippen molar-refractivity contribution in [2.24, 2.45) is 5.92 Å². The van der Waals surface area contributed by atoms with E-state index in [4.69, 9.17) is 5.73 Å². The van der Waals surface area contributed by atoms with E-state index in [1.165, 1.54) is 0 Å². The number of nitrogens with one attached hydrogen (secondary N) is 1. The molecule has 3 nitrogen and oxygen atoms in total. The first-order valence-corrected chi connectivity index (χ1v) is 6.02. The van der Waals surface area contributed by atoms with Crippen molar-refractivity contribution in [3.8, 4) is 0 Å². The van der Waals surface area contributed by atoms with Crippen LogP contribution in [-0.4, -0.2) is 12.5 Å². The first-order valence-electron chi connectivity index (χ1n) is 6.02. The van der Waals surface area contributed by atoms with Gasteiger partial charge >= 0.3 is 0 Å². The first kappa shape index (κ1) is 14.4. The Hall–Kier alpha value is -1.65. The number of carbonyl (C=O) groups is 1. The molecule has 0 fully saturated rings. The summed E-state index contributed by atoms with van der Waals surface area (Å²) in [6.45, 7) is 4.56. The van der Waals surface area contributed by atoms with Crippen LogP contribution in [0.3, 0.4) is 0 Å². The summed E-state index contributed by atoms with van der Waals surface area (Å²) in [7, 11) is 0. The van der Waals surface area contributed by atoms with Crippen molar-refractivity contribution in [3.05, 3.63) is 29.3 Å². The topological polar surface area (TPSA) is 55.1 Å². The fourth-order valence-electron chi connectivity index (χ4n) is 1.63. The van der Waals surface area contributed by atoms with Gasteiger partial charge in [0, 0.05) is 12.1 Å². The summed E-state index contributed by atoms with van der Waals surface area (Å²) >= 11 is 0. The molecule has 1 aromatic carbocycles. The van der Waals surface area contributed by atoms with Crippen LogP contribution < -0.4 is 11.1 Å². The Morgan fingerprint density at radius 1 is 1.28 bits per heavy atom. The number of anilines is 1. The molecule has 0 spiro atoms. The highest BCUT2D eigenvalue weighted by atomic mass is 19.1. The number of rotatable bonds is 5. The summed E-state index contributed by atoms with van der Waals surface area (Å²) in [6, 6.07) is 1.89. The molecule has 100 valence electrons. The van der Waals surface area contributed by atoms with Gasteiger partial charge < -0.3 is 11.1 Å². The van der Waals surface area contributed by atoms with E-state index in [1.54, 1.807) is 0 Å². The van der Waals surface area contributed by atoms with Gasteiger partial charge in [-0.3, -0.25) is 4.79 Å². The fourth-order valence-corrected chi connectivity index (χ4v) is 1.63. The lowest BCUT2D eigenvalue weighted by molar-refractivity contribution is 0.0945. The molecule has 0 saturated carbocycles. The van der Waals surface area contributed by atoms with Crippen LogP contribution in [0.25, 0.3) is 0 Å². The van der Waals surface area contributed by atoms with Crippen LogP contribution >= 0.6 is 0 Å². The monoisotopic (exact) mass is 256 g/mol. The van der Waals surface area contributed by atoms with Gasteiger partial charge in [0.05, 0.1) is 0 Å². The van der Waals surface area contributed by atoms with Crippen LogP contribution in [0.4, 0.5) is 14.5 Å². The second-order valence-electron chi connectivity index (χ2n) is 4.25. The molecule has 0 aromatic heterocycles. The molecule has 0 aliphatic carbocycles. The summed E-state index contributed by atoms with van der Waals surface area (Å²) in [5, 5.41) is 2.66. The zero-order valence-electron chi connectivity index (χ0n) is 10.6. The number of halogens is 2. The third kappa shape index (κ3) is 3.42. The van der Waals surface area contributed by atoms with E-state index in [-0.39, 0.29) is 5.56 Å². The molecule has 0 saturated heterocycles. The van der Waals surface area contributed by atoms with E-state index in [0.717, 1.165) is 25.0 Å². The van der Waals surface area contributed by atoms with Crippen molar-refractivity contribution in [1.29, 1.82) is 0 Å². The normalized spacial score (nSPS) is 10.7. The van der Waals surface area contributed by atoms with E-state index in [9.17, 15) is 13.6 Å². The molecule has 1 rings (SSSR count). The smallest absolute Gasteiger partial charge is 0.251 e. The molecular weight excluding hydrogens is 238 g/mol. The van der Waals surface area contributed by atoms with Crippen LogP contribution in [0, 0.1) is 17.6 Å². The van der Waals surface area contributed by atoms with E-state index in [1.807, 2.05) is 13.8 Å². The van der Waals surface area contributed by atoms with Crippen molar-refractivity contribution in [2.75, 3.05) is 12.3 Å². The Balaban J connectivity index is 2.73. The lowest BCUT2D eigenvalue weighted by atomic mass is 10.0. The van der Waals surface area contributed by atoms with Gasteiger partial charge in [-0.15, -0.1) is 0 Å². The molecule has 0 aliphatic heterocycles. The zero-order chi connectivity index (χ0) is 13.7. The van der Waals surface area contributed by atoms with Gasteiger partial charge in [-0.1, -0.05) is 26.7 Å². The number of nitrogen functional groups attached to an aromatic ring is 1. The molecular formula is C13H18F2N2O. The maximum Gasteiger partial charge on any atom is 0.251 e. The van der Waals surface area contributed by atoms with Gasteiger partial charge in [-0.05, 0) is 18.1 Å². The molecule has 0 atom stereocenters. The van der Waals surface area contributed by atoms with Crippen LogP contribution in [-0.2, 0) is 0 Å². The molecule has 0 aliphatic rings. The Bertz CT molecular complexity index is 408. The number of benzene rings is 1. The third-order valence-electron chi connectivity index (χ3n) is 3.05. The summed E-state index contributed by atoms with van der Waals surface area (Å²) in [4.78, 5) is 11.7. The predicted octanol–water partition coefficient (Wildman–Crippen LogP) is 2.71. The SMILES string of the molecule is CCC(CC)CNC(=O)c1cc(F)c(N)c(F)c1. The lowest BCUT2D eigenvalue weighted by Gasteiger charge is -2.13. The Morgan fingerprint density at radius 2 is 1.78 bits per heavy atom. The van der Waals surface area contributed by atoms with Gasteiger partial charge in [0.2, 0.25) is 0 Å². The number of amides is 1. The number of hydrogen-bond donors (Lipinski definition) is 2. The highest BCUT2D eigenvalue weighted by Crippen LogP contribution is 2.17. The number of nitrogens with two attached hydrogens (primary N) is 1. The van der Waals surface area contributed by atoms with Crippen molar-refractivity contribution in [3.63, 3.8) is 0 Å². The zero-order valence-corrected chi connectivity index (χ0v) is 10.6. The predicted molar refractivity (Wildman–Crippen MR) is 67.2 cm³/mol. The molecule has 1 aromatic rings. The van der Waals surface area contributed by atoms with E-state index < -0.39 is 23.2 Å². The first-order chi connectivity index (χ1) is 8.49. The second kappa shape index (κ2) is 6.33. The van der Waals surface area contributed by atoms with E-state index in [2.05, 4.69) is 5.32 Å². The summed E-state index contributed by atoms with van der Waals surface area (Å²) in [5.74, 6) is -1.94.